The van der Waals surface area contributed by atoms with Gasteiger partial charge in [0.1, 0.15) is 0 Å². The van der Waals surface area contributed by atoms with Gasteiger partial charge in [-0.3, -0.25) is 0 Å². The third-order valence-corrected chi connectivity index (χ3v) is 5.67. The van der Waals surface area contributed by atoms with Crippen LogP contribution >= 0.6 is 0 Å². The molecule has 3 rings (SSSR count). The predicted octanol–water partition coefficient (Wildman–Crippen LogP) is 2.32. The largest absolute Gasteiger partial charge is 0.501 e. The van der Waals surface area contributed by atoms with Crippen molar-refractivity contribution in [3.63, 3.8) is 0 Å². The molecule has 9 heteroatoms. The Balaban J connectivity index is 1.88. The van der Waals surface area contributed by atoms with Gasteiger partial charge >= 0.3 is 5.51 Å². The minimum atomic E-state index is -5.39. The highest BCUT2D eigenvalue weighted by Gasteiger charge is 2.49. The lowest BCUT2D eigenvalue weighted by Gasteiger charge is -2.39. The van der Waals surface area contributed by atoms with E-state index in [1.54, 1.807) is 4.90 Å². The first kappa shape index (κ1) is 16.5. The first-order chi connectivity index (χ1) is 10.8. The quantitative estimate of drug-likeness (QED) is 0.819. The molecule has 128 valence electrons. The monoisotopic (exact) mass is 351 g/mol. The number of halogens is 3. The summed E-state index contributed by atoms with van der Waals surface area (Å²) >= 11 is 0. The number of rotatable bonds is 2. The van der Waals surface area contributed by atoms with Crippen molar-refractivity contribution >= 4 is 15.5 Å². The maximum absolute atomic E-state index is 12.9. The third-order valence-electron chi connectivity index (χ3n) is 4.14. The third kappa shape index (κ3) is 2.92. The van der Waals surface area contributed by atoms with Gasteiger partial charge in [-0.05, 0) is 12.1 Å². The molecule has 2 saturated heterocycles. The zero-order valence-corrected chi connectivity index (χ0v) is 13.0. The predicted molar refractivity (Wildman–Crippen MR) is 75.8 cm³/mol. The van der Waals surface area contributed by atoms with Crippen molar-refractivity contribution in [1.29, 1.82) is 0 Å². The Morgan fingerprint density at radius 1 is 1.04 bits per heavy atom. The number of anilines is 1. The Labute approximate surface area is 131 Å². The highest BCUT2D eigenvalue weighted by molar-refractivity contribution is 7.92. The fraction of sp³-hybridized carbons (Fsp3) is 0.571. The molecule has 0 N–H and O–H groups in total. The van der Waals surface area contributed by atoms with Crippen LogP contribution in [0.4, 0.5) is 18.9 Å². The molecule has 2 aliphatic rings. The van der Waals surface area contributed by atoms with Gasteiger partial charge in [-0.1, -0.05) is 12.1 Å². The molecule has 0 unspecified atom stereocenters. The average molecular weight is 351 g/mol. The number of ether oxygens (including phenoxy) is 2. The fourth-order valence-corrected chi connectivity index (χ4v) is 3.92. The summed E-state index contributed by atoms with van der Waals surface area (Å²) in [5.41, 5.74) is -5.25. The van der Waals surface area contributed by atoms with Gasteiger partial charge in [0, 0.05) is 25.9 Å². The van der Waals surface area contributed by atoms with Crippen LogP contribution in [0.15, 0.2) is 29.2 Å². The molecule has 2 heterocycles. The molecule has 2 aliphatic heterocycles. The molecule has 1 spiro atoms. The van der Waals surface area contributed by atoms with E-state index >= 15 is 0 Å². The van der Waals surface area contributed by atoms with E-state index in [1.807, 2.05) is 0 Å². The Morgan fingerprint density at radius 3 is 2.17 bits per heavy atom. The Kier molecular flexibility index (Phi) is 4.06. The SMILES string of the molecule is O=S(=O)(c1ccccc1N1CCC2(CC1)OCCO2)C(F)(F)F. The van der Waals surface area contributed by atoms with Crippen molar-refractivity contribution in [1.82, 2.24) is 0 Å². The topological polar surface area (TPSA) is 55.8 Å². The smallest absolute Gasteiger partial charge is 0.370 e. The molecular formula is C14H16F3NO4S. The van der Waals surface area contributed by atoms with Crippen molar-refractivity contribution in [2.75, 3.05) is 31.2 Å². The molecule has 0 amide bonds. The Bertz CT molecular complexity index is 674. The number of piperidine rings is 1. The van der Waals surface area contributed by atoms with E-state index in [1.165, 1.54) is 18.2 Å². The van der Waals surface area contributed by atoms with E-state index in [0.717, 1.165) is 6.07 Å². The molecule has 0 saturated carbocycles. The van der Waals surface area contributed by atoms with Crippen molar-refractivity contribution < 1.29 is 31.1 Å². The number of benzene rings is 1. The van der Waals surface area contributed by atoms with Crippen LogP contribution in [0.5, 0.6) is 0 Å². The summed E-state index contributed by atoms with van der Waals surface area (Å²) in [4.78, 5) is 0.922. The number of alkyl halides is 3. The van der Waals surface area contributed by atoms with Crippen LogP contribution in [-0.2, 0) is 19.3 Å². The molecular weight excluding hydrogens is 335 g/mol. The number of para-hydroxylation sites is 1. The highest BCUT2D eigenvalue weighted by Crippen LogP contribution is 2.38. The summed E-state index contributed by atoms with van der Waals surface area (Å²) in [6.07, 6.45) is 0.959. The second-order valence-corrected chi connectivity index (χ2v) is 7.42. The summed E-state index contributed by atoms with van der Waals surface area (Å²) in [5, 5.41) is 0. The van der Waals surface area contributed by atoms with Crippen LogP contribution in [0, 0.1) is 0 Å². The standard InChI is InChI=1S/C14H16F3NO4S/c15-14(16,17)23(19,20)12-4-2-1-3-11(12)18-7-5-13(6-8-18)21-9-10-22-13/h1-4H,5-10H2. The molecule has 23 heavy (non-hydrogen) atoms. The van der Waals surface area contributed by atoms with Gasteiger partial charge in [-0.15, -0.1) is 0 Å². The zero-order chi connectivity index (χ0) is 16.7. The Hall–Kier alpha value is -1.32. The van der Waals surface area contributed by atoms with Crippen molar-refractivity contribution in [3.8, 4) is 0 Å². The van der Waals surface area contributed by atoms with Gasteiger partial charge in [0.15, 0.2) is 5.79 Å². The van der Waals surface area contributed by atoms with Gasteiger partial charge < -0.3 is 14.4 Å². The number of hydrogen-bond donors (Lipinski definition) is 0. The van der Waals surface area contributed by atoms with Crippen LogP contribution in [0.1, 0.15) is 12.8 Å². The molecule has 0 radical (unpaired) electrons. The van der Waals surface area contributed by atoms with E-state index in [-0.39, 0.29) is 5.69 Å². The van der Waals surface area contributed by atoms with Crippen molar-refractivity contribution in [2.24, 2.45) is 0 Å². The average Bonchev–Trinajstić information content (AvgIpc) is 2.95. The lowest BCUT2D eigenvalue weighted by atomic mass is 10.0. The van der Waals surface area contributed by atoms with Gasteiger partial charge in [-0.2, -0.15) is 13.2 Å². The minimum absolute atomic E-state index is 0.0673. The van der Waals surface area contributed by atoms with E-state index in [0.29, 0.717) is 39.1 Å². The maximum atomic E-state index is 12.9. The van der Waals surface area contributed by atoms with E-state index < -0.39 is 26.0 Å². The molecule has 0 aliphatic carbocycles. The number of hydrogen-bond acceptors (Lipinski definition) is 5. The van der Waals surface area contributed by atoms with Crippen molar-refractivity contribution in [3.05, 3.63) is 24.3 Å². The summed E-state index contributed by atoms with van der Waals surface area (Å²) in [7, 11) is -5.39. The van der Waals surface area contributed by atoms with Crippen LogP contribution in [0.2, 0.25) is 0 Å². The van der Waals surface area contributed by atoms with Gasteiger partial charge in [0.2, 0.25) is 0 Å². The summed E-state index contributed by atoms with van der Waals surface area (Å²) in [6.45, 7) is 1.73. The van der Waals surface area contributed by atoms with Crippen molar-refractivity contribution in [2.45, 2.75) is 29.0 Å². The summed E-state index contributed by atoms with van der Waals surface area (Å²) in [5.74, 6) is -0.672. The van der Waals surface area contributed by atoms with Gasteiger partial charge in [0.05, 0.1) is 23.8 Å². The molecule has 1 aromatic carbocycles. The normalized spacial score (nSPS) is 21.8. The highest BCUT2D eigenvalue weighted by atomic mass is 32.2. The fourth-order valence-electron chi connectivity index (χ4n) is 2.94. The van der Waals surface area contributed by atoms with E-state index in [9.17, 15) is 21.6 Å². The first-order valence-corrected chi connectivity index (χ1v) is 8.67. The number of sulfone groups is 1. The summed E-state index contributed by atoms with van der Waals surface area (Å²) in [6, 6.07) is 5.20. The van der Waals surface area contributed by atoms with E-state index in [2.05, 4.69) is 0 Å². The van der Waals surface area contributed by atoms with Crippen LogP contribution in [-0.4, -0.2) is 46.0 Å². The molecule has 0 aromatic heterocycles. The van der Waals surface area contributed by atoms with Crippen LogP contribution in [0.25, 0.3) is 0 Å². The molecule has 0 atom stereocenters. The van der Waals surface area contributed by atoms with Gasteiger partial charge in [0.25, 0.3) is 9.84 Å². The first-order valence-electron chi connectivity index (χ1n) is 7.18. The van der Waals surface area contributed by atoms with Gasteiger partial charge in [-0.25, -0.2) is 8.42 Å². The molecule has 0 bridgehead atoms. The molecule has 1 aromatic rings. The molecule has 5 nitrogen and oxygen atoms in total. The lowest BCUT2D eigenvalue weighted by Crippen LogP contribution is -2.45. The Morgan fingerprint density at radius 2 is 1.61 bits per heavy atom. The summed E-state index contributed by atoms with van der Waals surface area (Å²) < 4.78 is 73.3. The molecule has 2 fully saturated rings. The van der Waals surface area contributed by atoms with Crippen LogP contribution < -0.4 is 4.90 Å². The zero-order valence-electron chi connectivity index (χ0n) is 12.2. The number of nitrogens with zero attached hydrogens (tertiary/aromatic N) is 1. The lowest BCUT2D eigenvalue weighted by molar-refractivity contribution is -0.169. The maximum Gasteiger partial charge on any atom is 0.501 e. The van der Waals surface area contributed by atoms with Crippen LogP contribution in [0.3, 0.4) is 0 Å². The second-order valence-electron chi connectivity index (χ2n) is 5.51. The van der Waals surface area contributed by atoms with E-state index in [4.69, 9.17) is 9.47 Å². The minimum Gasteiger partial charge on any atom is -0.370 e. The second kappa shape index (κ2) is 5.64.